The van der Waals surface area contributed by atoms with E-state index in [0.29, 0.717) is 19.8 Å². The molecule has 0 rings (SSSR count). The van der Waals surface area contributed by atoms with Gasteiger partial charge in [0.1, 0.15) is 0 Å². The Bertz CT molecular complexity index is 261. The van der Waals surface area contributed by atoms with E-state index in [1.807, 2.05) is 0 Å². The largest absolute Gasteiger partial charge is 0.465 e. The quantitative estimate of drug-likeness (QED) is 0.382. The SMILES string of the molecule is CCCCCCCOCC(CNC(=O)O)OCCCCCCC. The predicted octanol–water partition coefficient (Wildman–Crippen LogP) is 4.60. The third kappa shape index (κ3) is 17.4. The van der Waals surface area contributed by atoms with E-state index in [4.69, 9.17) is 14.6 Å². The number of hydrogen-bond donors (Lipinski definition) is 2. The van der Waals surface area contributed by atoms with Gasteiger partial charge in [-0.3, -0.25) is 0 Å². The summed E-state index contributed by atoms with van der Waals surface area (Å²) in [5.74, 6) is 0. The fourth-order valence-electron chi connectivity index (χ4n) is 2.35. The molecule has 1 atom stereocenters. The molecule has 0 aromatic rings. The van der Waals surface area contributed by atoms with Gasteiger partial charge in [0.15, 0.2) is 0 Å². The van der Waals surface area contributed by atoms with E-state index in [-0.39, 0.29) is 6.10 Å². The zero-order valence-corrected chi connectivity index (χ0v) is 15.1. The van der Waals surface area contributed by atoms with Crippen LogP contribution in [0.25, 0.3) is 0 Å². The first-order valence-electron chi connectivity index (χ1n) is 9.36. The zero-order valence-electron chi connectivity index (χ0n) is 15.1. The second-order valence-electron chi connectivity index (χ2n) is 6.08. The van der Waals surface area contributed by atoms with Crippen molar-refractivity contribution in [2.75, 3.05) is 26.4 Å². The normalized spacial score (nSPS) is 12.3. The van der Waals surface area contributed by atoms with Crippen molar-refractivity contribution in [2.24, 2.45) is 0 Å². The highest BCUT2D eigenvalue weighted by Crippen LogP contribution is 2.05. The average Bonchev–Trinajstić information content (AvgIpc) is 2.53. The summed E-state index contributed by atoms with van der Waals surface area (Å²) in [6.07, 6.45) is 10.8. The lowest BCUT2D eigenvalue weighted by Crippen LogP contribution is -2.36. The maximum atomic E-state index is 10.6. The molecule has 0 bridgehead atoms. The summed E-state index contributed by atoms with van der Waals surface area (Å²) >= 11 is 0. The second-order valence-corrected chi connectivity index (χ2v) is 6.08. The highest BCUT2D eigenvalue weighted by atomic mass is 16.5. The standard InChI is InChI=1S/C18H37NO4/c1-3-5-7-9-11-13-22-16-17(15-19-18(20)21)23-14-12-10-8-6-4-2/h17,19H,3-16H2,1-2H3,(H,20,21). The first kappa shape index (κ1) is 22.2. The minimum absolute atomic E-state index is 0.187. The molecule has 1 amide bonds. The third-order valence-electron chi connectivity index (χ3n) is 3.78. The minimum Gasteiger partial charge on any atom is -0.465 e. The molecule has 0 aliphatic rings. The first-order valence-corrected chi connectivity index (χ1v) is 9.36. The van der Waals surface area contributed by atoms with Crippen LogP contribution in [-0.2, 0) is 9.47 Å². The van der Waals surface area contributed by atoms with E-state index in [2.05, 4.69) is 19.2 Å². The first-order chi connectivity index (χ1) is 11.2. The van der Waals surface area contributed by atoms with Gasteiger partial charge < -0.3 is 19.9 Å². The van der Waals surface area contributed by atoms with E-state index in [9.17, 15) is 4.79 Å². The molecule has 0 saturated carbocycles. The molecule has 0 radical (unpaired) electrons. The van der Waals surface area contributed by atoms with E-state index in [0.717, 1.165) is 19.4 Å². The van der Waals surface area contributed by atoms with Crippen LogP contribution in [0, 0.1) is 0 Å². The Hall–Kier alpha value is -0.810. The van der Waals surface area contributed by atoms with Gasteiger partial charge in [-0.05, 0) is 12.8 Å². The molecule has 0 fully saturated rings. The number of amides is 1. The van der Waals surface area contributed by atoms with Crippen LogP contribution < -0.4 is 5.32 Å². The number of ether oxygens (including phenoxy) is 2. The van der Waals surface area contributed by atoms with Crippen LogP contribution in [0.5, 0.6) is 0 Å². The summed E-state index contributed by atoms with van der Waals surface area (Å²) < 4.78 is 11.4. The topological polar surface area (TPSA) is 67.8 Å². The Labute approximate surface area is 142 Å². The van der Waals surface area contributed by atoms with Crippen molar-refractivity contribution in [3.8, 4) is 0 Å². The molecule has 0 aromatic heterocycles. The summed E-state index contributed by atoms with van der Waals surface area (Å²) in [4.78, 5) is 10.6. The minimum atomic E-state index is -1.01. The number of carbonyl (C=O) groups is 1. The Balaban J connectivity index is 3.71. The average molecular weight is 331 g/mol. The van der Waals surface area contributed by atoms with Crippen LogP contribution in [0.1, 0.15) is 78.1 Å². The van der Waals surface area contributed by atoms with Gasteiger partial charge in [-0.25, -0.2) is 4.79 Å². The monoisotopic (exact) mass is 331 g/mol. The third-order valence-corrected chi connectivity index (χ3v) is 3.78. The van der Waals surface area contributed by atoms with E-state index in [1.165, 1.54) is 51.4 Å². The van der Waals surface area contributed by atoms with Crippen LogP contribution in [0.2, 0.25) is 0 Å². The van der Waals surface area contributed by atoms with Crippen molar-refractivity contribution >= 4 is 6.09 Å². The van der Waals surface area contributed by atoms with Crippen molar-refractivity contribution in [3.63, 3.8) is 0 Å². The second kappa shape index (κ2) is 17.5. The number of nitrogens with one attached hydrogen (secondary N) is 1. The molecule has 138 valence electrons. The van der Waals surface area contributed by atoms with Crippen LogP contribution in [-0.4, -0.2) is 43.7 Å². The van der Waals surface area contributed by atoms with Crippen LogP contribution in [0.4, 0.5) is 4.79 Å². The molecule has 0 aliphatic heterocycles. The Kier molecular flexibility index (Phi) is 16.9. The Morgan fingerprint density at radius 1 is 0.913 bits per heavy atom. The molecular weight excluding hydrogens is 294 g/mol. The van der Waals surface area contributed by atoms with Crippen LogP contribution in [0.3, 0.4) is 0 Å². The molecule has 1 unspecified atom stereocenters. The highest BCUT2D eigenvalue weighted by molar-refractivity contribution is 5.64. The van der Waals surface area contributed by atoms with Gasteiger partial charge in [0.2, 0.25) is 0 Å². The summed E-state index contributed by atoms with van der Waals surface area (Å²) in [7, 11) is 0. The molecule has 5 heteroatoms. The highest BCUT2D eigenvalue weighted by Gasteiger charge is 2.10. The summed E-state index contributed by atoms with van der Waals surface area (Å²) in [5.41, 5.74) is 0. The van der Waals surface area contributed by atoms with E-state index < -0.39 is 6.09 Å². The molecule has 23 heavy (non-hydrogen) atoms. The molecule has 5 nitrogen and oxygen atoms in total. The van der Waals surface area contributed by atoms with Gasteiger partial charge in [-0.2, -0.15) is 0 Å². The molecule has 0 aromatic carbocycles. The van der Waals surface area contributed by atoms with Crippen molar-refractivity contribution < 1.29 is 19.4 Å². The lowest BCUT2D eigenvalue weighted by Gasteiger charge is -2.18. The van der Waals surface area contributed by atoms with Crippen molar-refractivity contribution in [1.82, 2.24) is 5.32 Å². The number of carboxylic acid groups (broad SMARTS) is 1. The Morgan fingerprint density at radius 3 is 2.04 bits per heavy atom. The summed E-state index contributed by atoms with van der Waals surface area (Å²) in [5, 5.41) is 11.1. The zero-order chi connectivity index (χ0) is 17.2. The van der Waals surface area contributed by atoms with Gasteiger partial charge in [-0.1, -0.05) is 65.2 Å². The fourth-order valence-corrected chi connectivity index (χ4v) is 2.35. The number of hydrogen-bond acceptors (Lipinski definition) is 3. The summed E-state index contributed by atoms with van der Waals surface area (Å²) in [6.45, 7) is 6.56. The lowest BCUT2D eigenvalue weighted by atomic mass is 10.2. The van der Waals surface area contributed by atoms with Gasteiger partial charge >= 0.3 is 6.09 Å². The van der Waals surface area contributed by atoms with E-state index >= 15 is 0 Å². The lowest BCUT2D eigenvalue weighted by molar-refractivity contribution is -0.0170. The number of rotatable bonds is 17. The number of unbranched alkanes of at least 4 members (excludes halogenated alkanes) is 8. The Morgan fingerprint density at radius 2 is 1.48 bits per heavy atom. The van der Waals surface area contributed by atoms with Crippen LogP contribution in [0.15, 0.2) is 0 Å². The molecule has 0 aliphatic carbocycles. The van der Waals surface area contributed by atoms with Crippen molar-refractivity contribution in [3.05, 3.63) is 0 Å². The maximum Gasteiger partial charge on any atom is 0.404 e. The van der Waals surface area contributed by atoms with Gasteiger partial charge in [0.05, 0.1) is 12.7 Å². The predicted molar refractivity (Wildman–Crippen MR) is 94.1 cm³/mol. The maximum absolute atomic E-state index is 10.6. The van der Waals surface area contributed by atoms with Crippen molar-refractivity contribution in [1.29, 1.82) is 0 Å². The molecule has 2 N–H and O–H groups in total. The van der Waals surface area contributed by atoms with Crippen molar-refractivity contribution in [2.45, 2.75) is 84.2 Å². The summed E-state index contributed by atoms with van der Waals surface area (Å²) in [6, 6.07) is 0. The van der Waals surface area contributed by atoms with Gasteiger partial charge in [-0.15, -0.1) is 0 Å². The molecule has 0 saturated heterocycles. The smallest absolute Gasteiger partial charge is 0.404 e. The molecule has 0 spiro atoms. The molecular formula is C18H37NO4. The van der Waals surface area contributed by atoms with Gasteiger partial charge in [0.25, 0.3) is 0 Å². The molecule has 0 heterocycles. The van der Waals surface area contributed by atoms with Gasteiger partial charge in [0, 0.05) is 19.8 Å². The van der Waals surface area contributed by atoms with Crippen LogP contribution >= 0.6 is 0 Å². The fraction of sp³-hybridized carbons (Fsp3) is 0.944. The van der Waals surface area contributed by atoms with E-state index in [1.54, 1.807) is 0 Å².